The lowest BCUT2D eigenvalue weighted by Gasteiger charge is -2.22. The zero-order valence-corrected chi connectivity index (χ0v) is 12.1. The van der Waals surface area contributed by atoms with Crippen LogP contribution in [0.2, 0.25) is 0 Å². The van der Waals surface area contributed by atoms with Gasteiger partial charge in [0, 0.05) is 26.3 Å². The number of ether oxygens (including phenoxy) is 3. The van der Waals surface area contributed by atoms with Gasteiger partial charge in [-0.05, 0) is 6.42 Å². The number of nitrogens with zero attached hydrogens (tertiary/aromatic N) is 1. The molecular weight excluding hydrogens is 280 g/mol. The molecule has 1 aromatic rings. The lowest BCUT2D eigenvalue weighted by atomic mass is 10.1. The molecule has 0 radical (unpaired) electrons. The molecule has 0 spiro atoms. The average molecular weight is 298 g/mol. The van der Waals surface area contributed by atoms with E-state index in [0.29, 0.717) is 6.42 Å². The van der Waals surface area contributed by atoms with Crippen molar-refractivity contribution in [3.63, 3.8) is 0 Å². The van der Waals surface area contributed by atoms with Crippen LogP contribution in [0.5, 0.6) is 0 Å². The Bertz CT molecular complexity index is 622. The number of H-pyrrole nitrogens is 1. The van der Waals surface area contributed by atoms with Crippen molar-refractivity contribution >= 4 is 5.97 Å². The fraction of sp³-hybridized carbons (Fsp3) is 0.615. The lowest BCUT2D eigenvalue weighted by molar-refractivity contribution is -0.153. The molecule has 2 heterocycles. The van der Waals surface area contributed by atoms with Crippen molar-refractivity contribution in [2.24, 2.45) is 0 Å². The fourth-order valence-electron chi connectivity index (χ4n) is 2.47. The summed E-state index contributed by atoms with van der Waals surface area (Å²) in [6, 6.07) is 1.22. The van der Waals surface area contributed by atoms with Gasteiger partial charge in [0.25, 0.3) is 5.56 Å². The van der Waals surface area contributed by atoms with Crippen LogP contribution in [0.25, 0.3) is 0 Å². The number of methoxy groups -OCH3 is 1. The van der Waals surface area contributed by atoms with Gasteiger partial charge in [0.05, 0.1) is 6.10 Å². The van der Waals surface area contributed by atoms with Crippen LogP contribution in [0, 0.1) is 0 Å². The van der Waals surface area contributed by atoms with E-state index in [1.165, 1.54) is 30.9 Å². The minimum atomic E-state index is -0.770. The third-order valence-electron chi connectivity index (χ3n) is 3.39. The molecule has 0 saturated carbocycles. The highest BCUT2D eigenvalue weighted by Gasteiger charge is 2.47. The summed E-state index contributed by atoms with van der Waals surface area (Å²) in [7, 11) is 1.45. The molecule has 0 aliphatic carbocycles. The highest BCUT2D eigenvalue weighted by Crippen LogP contribution is 2.33. The molecule has 8 heteroatoms. The van der Waals surface area contributed by atoms with Crippen LogP contribution in [0.4, 0.5) is 0 Å². The summed E-state index contributed by atoms with van der Waals surface area (Å²) in [5.74, 6) is -0.446. The van der Waals surface area contributed by atoms with Crippen LogP contribution in [-0.2, 0) is 19.0 Å². The summed E-state index contributed by atoms with van der Waals surface area (Å²) >= 11 is 0. The molecule has 1 aliphatic rings. The number of esters is 1. The number of aromatic nitrogens is 2. The first-order chi connectivity index (χ1) is 9.97. The summed E-state index contributed by atoms with van der Waals surface area (Å²) in [6.07, 6.45) is -0.479. The number of hydrogen-bond donors (Lipinski definition) is 1. The van der Waals surface area contributed by atoms with Crippen molar-refractivity contribution in [3.8, 4) is 0 Å². The zero-order chi connectivity index (χ0) is 15.6. The molecule has 2 rings (SSSR count). The van der Waals surface area contributed by atoms with Crippen LogP contribution >= 0.6 is 0 Å². The molecule has 1 aliphatic heterocycles. The van der Waals surface area contributed by atoms with E-state index in [1.807, 2.05) is 6.92 Å². The number of hydrogen-bond acceptors (Lipinski definition) is 6. The largest absolute Gasteiger partial charge is 0.457 e. The van der Waals surface area contributed by atoms with Gasteiger partial charge in [-0.15, -0.1) is 0 Å². The van der Waals surface area contributed by atoms with Crippen molar-refractivity contribution in [2.75, 3.05) is 7.11 Å². The first-order valence-electron chi connectivity index (χ1n) is 6.64. The summed E-state index contributed by atoms with van der Waals surface area (Å²) in [5.41, 5.74) is -1.10. The Labute approximate surface area is 120 Å². The molecule has 4 atom stereocenters. The Morgan fingerprint density at radius 2 is 2.14 bits per heavy atom. The smallest absolute Gasteiger partial charge is 0.330 e. The monoisotopic (exact) mass is 298 g/mol. The van der Waals surface area contributed by atoms with Crippen molar-refractivity contribution in [2.45, 2.75) is 44.8 Å². The molecule has 0 amide bonds. The molecule has 21 heavy (non-hydrogen) atoms. The molecule has 116 valence electrons. The first-order valence-corrected chi connectivity index (χ1v) is 6.64. The lowest BCUT2D eigenvalue weighted by Crippen LogP contribution is -2.40. The van der Waals surface area contributed by atoms with Gasteiger partial charge in [-0.25, -0.2) is 4.79 Å². The third kappa shape index (κ3) is 3.06. The van der Waals surface area contributed by atoms with E-state index in [9.17, 15) is 14.4 Å². The topological polar surface area (TPSA) is 99.6 Å². The standard InChI is InChI=1S/C13H18N2O6/c1-4-8-10(20-7(2)16)11(19-3)12(21-8)15-6-5-9(17)14-13(15)18/h5-6,8,10-12H,4H2,1-3H3,(H,14,17,18)/t8-,10+,11?,12-/m1/s1. The van der Waals surface area contributed by atoms with Gasteiger partial charge in [-0.2, -0.15) is 0 Å². The highest BCUT2D eigenvalue weighted by atomic mass is 16.6. The number of nitrogens with one attached hydrogen (secondary N) is 1. The van der Waals surface area contributed by atoms with Gasteiger partial charge in [-0.3, -0.25) is 19.1 Å². The van der Waals surface area contributed by atoms with E-state index in [-0.39, 0.29) is 6.10 Å². The zero-order valence-electron chi connectivity index (χ0n) is 12.1. The minimum Gasteiger partial charge on any atom is -0.457 e. The Kier molecular flexibility index (Phi) is 4.59. The molecule has 1 saturated heterocycles. The van der Waals surface area contributed by atoms with E-state index in [0.717, 1.165) is 0 Å². The quantitative estimate of drug-likeness (QED) is 0.772. The highest BCUT2D eigenvalue weighted by molar-refractivity contribution is 5.66. The van der Waals surface area contributed by atoms with Gasteiger partial charge in [0.2, 0.25) is 0 Å². The molecule has 0 bridgehead atoms. The normalized spacial score (nSPS) is 28.5. The van der Waals surface area contributed by atoms with E-state index < -0.39 is 35.7 Å². The van der Waals surface area contributed by atoms with E-state index in [2.05, 4.69) is 4.98 Å². The molecule has 1 unspecified atom stereocenters. The maximum absolute atomic E-state index is 11.9. The molecule has 1 aromatic heterocycles. The molecule has 1 fully saturated rings. The maximum Gasteiger partial charge on any atom is 0.330 e. The molecule has 0 aromatic carbocycles. The summed E-state index contributed by atoms with van der Waals surface area (Å²) < 4.78 is 17.6. The first kappa shape index (κ1) is 15.5. The Morgan fingerprint density at radius 1 is 1.43 bits per heavy atom. The minimum absolute atomic E-state index is 0.386. The molecule has 8 nitrogen and oxygen atoms in total. The van der Waals surface area contributed by atoms with Crippen LogP contribution in [0.15, 0.2) is 21.9 Å². The summed E-state index contributed by atoms with van der Waals surface area (Å²) in [5, 5.41) is 0. The Hall–Kier alpha value is -1.93. The maximum atomic E-state index is 11.9. The summed E-state index contributed by atoms with van der Waals surface area (Å²) in [4.78, 5) is 36.4. The molecule has 1 N–H and O–H groups in total. The van der Waals surface area contributed by atoms with Crippen LogP contribution in [-0.4, -0.2) is 40.9 Å². The summed E-state index contributed by atoms with van der Waals surface area (Å²) in [6.45, 7) is 3.19. The van der Waals surface area contributed by atoms with Gasteiger partial charge < -0.3 is 14.2 Å². The van der Waals surface area contributed by atoms with Crippen LogP contribution < -0.4 is 11.2 Å². The average Bonchev–Trinajstić information content (AvgIpc) is 2.75. The Balaban J connectivity index is 2.37. The van der Waals surface area contributed by atoms with Gasteiger partial charge in [-0.1, -0.05) is 6.92 Å². The predicted octanol–water partition coefficient (Wildman–Crippen LogP) is -0.209. The molecular formula is C13H18N2O6. The van der Waals surface area contributed by atoms with E-state index >= 15 is 0 Å². The second-order valence-electron chi connectivity index (χ2n) is 4.77. The second kappa shape index (κ2) is 6.23. The fourth-order valence-corrected chi connectivity index (χ4v) is 2.47. The number of carbonyl (C=O) groups excluding carboxylic acids is 1. The van der Waals surface area contributed by atoms with Gasteiger partial charge in [0.15, 0.2) is 12.3 Å². The second-order valence-corrected chi connectivity index (χ2v) is 4.77. The van der Waals surface area contributed by atoms with Crippen molar-refractivity contribution < 1.29 is 19.0 Å². The predicted molar refractivity (Wildman–Crippen MR) is 71.9 cm³/mol. The number of rotatable bonds is 4. The van der Waals surface area contributed by atoms with Crippen molar-refractivity contribution in [1.82, 2.24) is 9.55 Å². The Morgan fingerprint density at radius 3 is 2.67 bits per heavy atom. The van der Waals surface area contributed by atoms with Crippen LogP contribution in [0.1, 0.15) is 26.5 Å². The SMILES string of the molecule is CC[C@H]1O[C@@H](n2ccc(=O)[nH]c2=O)C(OC)[C@H]1OC(C)=O. The van der Waals surface area contributed by atoms with Crippen LogP contribution in [0.3, 0.4) is 0 Å². The van der Waals surface area contributed by atoms with Gasteiger partial charge >= 0.3 is 11.7 Å². The number of aromatic amines is 1. The van der Waals surface area contributed by atoms with E-state index in [1.54, 1.807) is 0 Å². The number of carbonyl (C=O) groups is 1. The van der Waals surface area contributed by atoms with E-state index in [4.69, 9.17) is 14.2 Å². The third-order valence-corrected chi connectivity index (χ3v) is 3.39. The van der Waals surface area contributed by atoms with Crippen molar-refractivity contribution in [1.29, 1.82) is 0 Å². The van der Waals surface area contributed by atoms with Gasteiger partial charge in [0.1, 0.15) is 6.10 Å². The van der Waals surface area contributed by atoms with Crippen molar-refractivity contribution in [3.05, 3.63) is 33.1 Å².